The third-order valence-corrected chi connectivity index (χ3v) is 1.65. The molecule has 0 saturated heterocycles. The molecule has 7 heteroatoms. The first-order valence-electron chi connectivity index (χ1n) is 3.79. The Labute approximate surface area is 81.4 Å². The lowest BCUT2D eigenvalue weighted by Crippen LogP contribution is -2.10. The van der Waals surface area contributed by atoms with E-state index in [9.17, 15) is 22.0 Å². The molecule has 15 heavy (non-hydrogen) atoms. The van der Waals surface area contributed by atoms with Crippen LogP contribution in [0.5, 0.6) is 5.75 Å². The van der Waals surface area contributed by atoms with Crippen molar-refractivity contribution in [1.82, 2.24) is 4.98 Å². The first-order chi connectivity index (χ1) is 6.73. The maximum absolute atomic E-state index is 12.2. The highest BCUT2D eigenvalue weighted by atomic mass is 19.4. The van der Waals surface area contributed by atoms with Crippen LogP contribution in [0.3, 0.4) is 0 Å². The van der Waals surface area contributed by atoms with Crippen molar-refractivity contribution in [1.29, 1.82) is 0 Å². The van der Waals surface area contributed by atoms with Gasteiger partial charge in [-0.1, -0.05) is 0 Å². The molecule has 0 aromatic carbocycles. The molecule has 0 aliphatic heterocycles. The molecule has 1 aromatic rings. The Morgan fingerprint density at radius 3 is 2.27 bits per heavy atom. The molecule has 0 spiro atoms. The van der Waals surface area contributed by atoms with Crippen LogP contribution in [0, 0.1) is 6.92 Å². The molecule has 0 unspecified atom stereocenters. The quantitative estimate of drug-likeness (QED) is 0.748. The smallest absolute Gasteiger partial charge is 0.437 e. The van der Waals surface area contributed by atoms with Crippen molar-refractivity contribution in [2.75, 3.05) is 0 Å². The van der Waals surface area contributed by atoms with Gasteiger partial charge in [0.25, 0.3) is 6.43 Å². The Hall–Kier alpha value is -1.40. The molecule has 2 nitrogen and oxygen atoms in total. The molecular formula is C8H6F5NO. The Kier molecular flexibility index (Phi) is 2.83. The molecule has 0 atom stereocenters. The zero-order valence-corrected chi connectivity index (χ0v) is 7.44. The predicted molar refractivity (Wildman–Crippen MR) is 40.6 cm³/mol. The Bertz CT molecular complexity index is 374. The number of aromatic hydroxyl groups is 1. The molecule has 0 saturated carbocycles. The summed E-state index contributed by atoms with van der Waals surface area (Å²) in [5.41, 5.74) is -2.97. The molecule has 0 radical (unpaired) electrons. The fourth-order valence-electron chi connectivity index (χ4n) is 1.06. The van der Waals surface area contributed by atoms with E-state index in [4.69, 9.17) is 5.11 Å². The van der Waals surface area contributed by atoms with Gasteiger partial charge >= 0.3 is 6.18 Å². The maximum Gasteiger partial charge on any atom is 0.437 e. The standard InChI is InChI=1S/C8H6F5NO/c1-3-2-4(7(9)10)5(15)6(14-3)8(11,12)13/h2,7,15H,1H3. The number of nitrogens with zero attached hydrogens (tertiary/aromatic N) is 1. The van der Waals surface area contributed by atoms with Gasteiger partial charge in [-0.05, 0) is 13.0 Å². The van der Waals surface area contributed by atoms with Crippen LogP contribution in [0.15, 0.2) is 6.07 Å². The second-order valence-corrected chi connectivity index (χ2v) is 2.85. The largest absolute Gasteiger partial charge is 0.505 e. The van der Waals surface area contributed by atoms with Crippen LogP contribution < -0.4 is 0 Å². The van der Waals surface area contributed by atoms with Crippen molar-refractivity contribution in [3.05, 3.63) is 23.0 Å². The third kappa shape index (κ3) is 2.34. The number of aromatic nitrogens is 1. The number of hydrogen-bond acceptors (Lipinski definition) is 2. The highest BCUT2D eigenvalue weighted by Gasteiger charge is 2.38. The summed E-state index contributed by atoms with van der Waals surface area (Å²) in [4.78, 5) is 2.98. The lowest BCUT2D eigenvalue weighted by Gasteiger charge is -2.12. The molecule has 0 amide bonds. The van der Waals surface area contributed by atoms with Crippen LogP contribution in [-0.2, 0) is 6.18 Å². The molecule has 1 heterocycles. The van der Waals surface area contributed by atoms with Gasteiger partial charge in [0.05, 0.1) is 5.56 Å². The van der Waals surface area contributed by atoms with Crippen molar-refractivity contribution in [2.24, 2.45) is 0 Å². The minimum absolute atomic E-state index is 0.226. The second-order valence-electron chi connectivity index (χ2n) is 2.85. The van der Waals surface area contributed by atoms with Crippen LogP contribution in [0.25, 0.3) is 0 Å². The average molecular weight is 227 g/mol. The first-order valence-corrected chi connectivity index (χ1v) is 3.79. The summed E-state index contributed by atoms with van der Waals surface area (Å²) in [5.74, 6) is -1.51. The van der Waals surface area contributed by atoms with E-state index in [1.165, 1.54) is 0 Å². The fraction of sp³-hybridized carbons (Fsp3) is 0.375. The molecule has 0 aliphatic rings. The molecule has 1 N–H and O–H groups in total. The van der Waals surface area contributed by atoms with E-state index in [-0.39, 0.29) is 5.69 Å². The summed E-state index contributed by atoms with van der Waals surface area (Å²) in [5, 5.41) is 8.96. The number of aryl methyl sites for hydroxylation is 1. The van der Waals surface area contributed by atoms with Gasteiger partial charge in [-0.2, -0.15) is 13.2 Å². The van der Waals surface area contributed by atoms with Crippen molar-refractivity contribution >= 4 is 0 Å². The van der Waals surface area contributed by atoms with Crippen molar-refractivity contribution in [3.8, 4) is 5.75 Å². The number of hydrogen-bond donors (Lipinski definition) is 1. The summed E-state index contributed by atoms with van der Waals surface area (Å²) in [6, 6.07) is 0.717. The molecule has 0 fully saturated rings. The zero-order valence-electron chi connectivity index (χ0n) is 7.44. The average Bonchev–Trinajstić information content (AvgIpc) is 2.06. The minimum atomic E-state index is -4.94. The summed E-state index contributed by atoms with van der Waals surface area (Å²) >= 11 is 0. The molecule has 84 valence electrons. The van der Waals surface area contributed by atoms with E-state index in [1.807, 2.05) is 0 Å². The van der Waals surface area contributed by atoms with E-state index < -0.39 is 29.6 Å². The summed E-state index contributed by atoms with van der Waals surface area (Å²) < 4.78 is 61.1. The van der Waals surface area contributed by atoms with Gasteiger partial charge in [-0.25, -0.2) is 13.8 Å². The van der Waals surface area contributed by atoms with Gasteiger partial charge in [-0.3, -0.25) is 0 Å². The van der Waals surface area contributed by atoms with Gasteiger partial charge in [-0.15, -0.1) is 0 Å². The maximum atomic E-state index is 12.2. The Balaban J connectivity index is 3.42. The van der Waals surface area contributed by atoms with Crippen molar-refractivity contribution in [2.45, 2.75) is 19.5 Å². The lowest BCUT2D eigenvalue weighted by molar-refractivity contribution is -0.142. The van der Waals surface area contributed by atoms with E-state index in [0.717, 1.165) is 13.0 Å². The SMILES string of the molecule is Cc1cc(C(F)F)c(O)c(C(F)(F)F)n1. The number of alkyl halides is 5. The van der Waals surface area contributed by atoms with Gasteiger partial charge in [0.2, 0.25) is 0 Å². The monoisotopic (exact) mass is 227 g/mol. The summed E-state index contributed by atoms with van der Waals surface area (Å²) in [7, 11) is 0. The van der Waals surface area contributed by atoms with E-state index >= 15 is 0 Å². The Morgan fingerprint density at radius 2 is 1.87 bits per heavy atom. The van der Waals surface area contributed by atoms with Crippen LogP contribution in [0.2, 0.25) is 0 Å². The van der Waals surface area contributed by atoms with E-state index in [2.05, 4.69) is 4.98 Å². The zero-order chi connectivity index (χ0) is 11.8. The van der Waals surface area contributed by atoms with Gasteiger partial charge in [0.15, 0.2) is 11.4 Å². The van der Waals surface area contributed by atoms with Crippen molar-refractivity contribution < 1.29 is 27.1 Å². The summed E-state index contributed by atoms with van der Waals surface area (Å²) in [6.07, 6.45) is -8.12. The van der Waals surface area contributed by atoms with Crippen LogP contribution in [0.1, 0.15) is 23.4 Å². The van der Waals surface area contributed by atoms with Crippen LogP contribution in [-0.4, -0.2) is 10.1 Å². The molecule has 0 aliphatic carbocycles. The Morgan fingerprint density at radius 1 is 1.33 bits per heavy atom. The third-order valence-electron chi connectivity index (χ3n) is 1.65. The molecule has 1 rings (SSSR count). The van der Waals surface area contributed by atoms with E-state index in [0.29, 0.717) is 0 Å². The normalized spacial score (nSPS) is 12.2. The topological polar surface area (TPSA) is 33.1 Å². The van der Waals surface area contributed by atoms with Crippen LogP contribution >= 0.6 is 0 Å². The van der Waals surface area contributed by atoms with Crippen LogP contribution in [0.4, 0.5) is 22.0 Å². The van der Waals surface area contributed by atoms with E-state index in [1.54, 1.807) is 0 Å². The minimum Gasteiger partial charge on any atom is -0.505 e. The number of halogens is 5. The number of rotatable bonds is 1. The molecule has 0 bridgehead atoms. The fourth-order valence-corrected chi connectivity index (χ4v) is 1.06. The highest BCUT2D eigenvalue weighted by Crippen LogP contribution is 2.39. The summed E-state index contributed by atoms with van der Waals surface area (Å²) in [6.45, 7) is 1.14. The van der Waals surface area contributed by atoms with Gasteiger partial charge in [0.1, 0.15) is 0 Å². The second kappa shape index (κ2) is 3.63. The molecular weight excluding hydrogens is 221 g/mol. The highest BCUT2D eigenvalue weighted by molar-refractivity contribution is 5.39. The lowest BCUT2D eigenvalue weighted by atomic mass is 10.1. The first kappa shape index (κ1) is 11.7. The number of pyridine rings is 1. The van der Waals surface area contributed by atoms with Gasteiger partial charge < -0.3 is 5.11 Å². The predicted octanol–water partition coefficient (Wildman–Crippen LogP) is 3.05. The van der Waals surface area contributed by atoms with Crippen molar-refractivity contribution in [3.63, 3.8) is 0 Å². The molecule has 1 aromatic heterocycles. The van der Waals surface area contributed by atoms with Gasteiger partial charge in [0, 0.05) is 5.69 Å².